The van der Waals surface area contributed by atoms with Gasteiger partial charge in [0.1, 0.15) is 23.4 Å². The number of rotatable bonds is 10. The van der Waals surface area contributed by atoms with Gasteiger partial charge in [-0.2, -0.15) is 0 Å². The Morgan fingerprint density at radius 1 is 0.881 bits per heavy atom. The molecule has 4 aromatic carbocycles. The van der Waals surface area contributed by atoms with Crippen LogP contribution in [-0.4, -0.2) is 78.7 Å². The van der Waals surface area contributed by atoms with Gasteiger partial charge in [-0.3, -0.25) is 4.79 Å². The number of carbonyl (C=O) groups is 2. The summed E-state index contributed by atoms with van der Waals surface area (Å²) in [4.78, 5) is 43.4. The highest BCUT2D eigenvalue weighted by atomic mass is 28.2. The lowest BCUT2D eigenvalue weighted by molar-refractivity contribution is 0.0780. The minimum atomic E-state index is -1.32. The zero-order valence-electron chi connectivity index (χ0n) is 34.4. The maximum absolute atomic E-state index is 15.8. The number of aliphatic hydroxyl groups is 1. The number of carbonyl (C=O) groups excluding carboxylic acids is 2. The Hall–Kier alpha value is -5.95. The number of nitrogens with one attached hydrogen (secondary N) is 2. The zero-order chi connectivity index (χ0) is 42.1. The lowest BCUT2D eigenvalue weighted by Gasteiger charge is -2.40. The molecule has 2 radical (unpaired) electrons. The van der Waals surface area contributed by atoms with Crippen molar-refractivity contribution in [2.24, 2.45) is 0 Å². The first-order chi connectivity index (χ1) is 28.1. The predicted molar refractivity (Wildman–Crippen MR) is 231 cm³/mol. The molecule has 0 aliphatic carbocycles. The van der Waals surface area contributed by atoms with E-state index in [1.807, 2.05) is 83.8 Å². The molecule has 0 bridgehead atoms. The highest BCUT2D eigenvalue weighted by molar-refractivity contribution is 6.32. The van der Waals surface area contributed by atoms with Crippen LogP contribution >= 0.6 is 0 Å². The lowest BCUT2D eigenvalue weighted by atomic mass is 9.76. The van der Waals surface area contributed by atoms with E-state index in [1.54, 1.807) is 45.0 Å². The van der Waals surface area contributed by atoms with E-state index in [0.29, 0.717) is 53.2 Å². The first-order valence-electron chi connectivity index (χ1n) is 19.6. The summed E-state index contributed by atoms with van der Waals surface area (Å²) >= 11 is 0. The monoisotopic (exact) mass is 808 g/mol. The van der Waals surface area contributed by atoms with Gasteiger partial charge < -0.3 is 29.6 Å². The molecule has 0 unspecified atom stereocenters. The summed E-state index contributed by atoms with van der Waals surface area (Å²) in [6.45, 7) is 10.5. The largest absolute Gasteiger partial charge is 0.400 e. The second-order valence-electron chi connectivity index (χ2n) is 16.6. The predicted octanol–water partition coefficient (Wildman–Crippen LogP) is 9.16. The first-order valence-corrected chi connectivity index (χ1v) is 20.5. The van der Waals surface area contributed by atoms with Gasteiger partial charge in [0.25, 0.3) is 5.91 Å². The lowest BCUT2D eigenvalue weighted by Crippen LogP contribution is -2.41. The van der Waals surface area contributed by atoms with E-state index < -0.39 is 22.9 Å². The molecule has 0 saturated carbocycles. The van der Waals surface area contributed by atoms with Crippen molar-refractivity contribution in [3.8, 4) is 11.3 Å². The van der Waals surface area contributed by atoms with Gasteiger partial charge in [0.05, 0.1) is 16.9 Å². The SMILES string of the molecule is CN(C)C(=O)N1CC=C(c2cc3c(-c4cccc(NC(=O)c5ccc(C(C)(C)O)cc5F)c4C(O[Si]C(C)(C)C)(c4ccccc4)c4ccccc4)ncnc3[nH]2)CC1. The number of hydrogen-bond acceptors (Lipinski definition) is 6. The summed E-state index contributed by atoms with van der Waals surface area (Å²) in [5.41, 5.74) is 4.01. The molecular weight excluding hydrogens is 760 g/mol. The van der Waals surface area contributed by atoms with Crippen molar-refractivity contribution in [3.05, 3.63) is 155 Å². The summed E-state index contributed by atoms with van der Waals surface area (Å²) in [6.07, 6.45) is 4.24. The van der Waals surface area contributed by atoms with Crippen LogP contribution in [0.4, 0.5) is 14.9 Å². The third-order valence-electron chi connectivity index (χ3n) is 10.3. The van der Waals surface area contributed by atoms with Crippen molar-refractivity contribution in [2.45, 2.75) is 57.3 Å². The molecule has 6 aromatic rings. The third kappa shape index (κ3) is 8.47. The van der Waals surface area contributed by atoms with E-state index >= 15 is 4.39 Å². The van der Waals surface area contributed by atoms with Gasteiger partial charge in [0, 0.05) is 55.1 Å². The molecule has 0 saturated heterocycles. The number of nitrogens with zero attached hydrogens (tertiary/aromatic N) is 4. The number of benzene rings is 4. The number of H-pyrrole nitrogens is 1. The van der Waals surface area contributed by atoms with Crippen LogP contribution in [0.25, 0.3) is 27.9 Å². The third-order valence-corrected chi connectivity index (χ3v) is 11.4. The van der Waals surface area contributed by atoms with Gasteiger partial charge in [0.2, 0.25) is 9.76 Å². The van der Waals surface area contributed by atoms with Crippen LogP contribution in [0.3, 0.4) is 0 Å². The second-order valence-corrected chi connectivity index (χ2v) is 18.5. The number of fused-ring (bicyclic) bond motifs is 1. The molecule has 1 aliphatic rings. The van der Waals surface area contributed by atoms with Crippen molar-refractivity contribution in [3.63, 3.8) is 0 Å². The summed E-state index contributed by atoms with van der Waals surface area (Å²) in [6, 6.07) is 31.6. The van der Waals surface area contributed by atoms with Gasteiger partial charge in [0.15, 0.2) is 0 Å². The smallest absolute Gasteiger partial charge is 0.319 e. The van der Waals surface area contributed by atoms with Crippen molar-refractivity contribution >= 4 is 44.0 Å². The molecule has 12 heteroatoms. The molecular formula is C47H49FN6O4Si. The summed E-state index contributed by atoms with van der Waals surface area (Å²) in [5.74, 6) is -1.43. The number of amides is 3. The maximum Gasteiger partial charge on any atom is 0.319 e. The molecule has 302 valence electrons. The van der Waals surface area contributed by atoms with Gasteiger partial charge in [-0.1, -0.05) is 106 Å². The number of halogens is 1. The zero-order valence-corrected chi connectivity index (χ0v) is 35.4. The normalized spacial score (nSPS) is 13.6. The molecule has 0 atom stereocenters. The molecule has 2 aromatic heterocycles. The van der Waals surface area contributed by atoms with Crippen LogP contribution in [0.1, 0.15) is 79.3 Å². The van der Waals surface area contributed by atoms with E-state index in [-0.39, 0.29) is 26.4 Å². The van der Waals surface area contributed by atoms with E-state index in [2.05, 4.69) is 42.1 Å². The van der Waals surface area contributed by atoms with Gasteiger partial charge >= 0.3 is 6.03 Å². The van der Waals surface area contributed by atoms with Gasteiger partial charge in [-0.15, -0.1) is 0 Å². The Morgan fingerprint density at radius 2 is 1.56 bits per heavy atom. The van der Waals surface area contributed by atoms with Crippen molar-refractivity contribution in [1.29, 1.82) is 0 Å². The summed E-state index contributed by atoms with van der Waals surface area (Å²) < 4.78 is 23.1. The number of anilines is 1. The van der Waals surface area contributed by atoms with E-state index in [1.165, 1.54) is 18.5 Å². The number of aromatic nitrogens is 3. The van der Waals surface area contributed by atoms with Crippen molar-refractivity contribution in [1.82, 2.24) is 24.8 Å². The Labute approximate surface area is 347 Å². The number of urea groups is 1. The fourth-order valence-corrected chi connectivity index (χ4v) is 8.20. The Kier molecular flexibility index (Phi) is 11.4. The second kappa shape index (κ2) is 16.4. The Balaban J connectivity index is 1.47. The molecule has 0 spiro atoms. The Morgan fingerprint density at radius 3 is 2.14 bits per heavy atom. The maximum atomic E-state index is 15.8. The van der Waals surface area contributed by atoms with Gasteiger partial charge in [-0.25, -0.2) is 19.2 Å². The molecule has 59 heavy (non-hydrogen) atoms. The van der Waals surface area contributed by atoms with Gasteiger partial charge in [-0.05, 0) is 71.8 Å². The Bertz CT molecular complexity index is 2490. The summed E-state index contributed by atoms with van der Waals surface area (Å²) in [7, 11) is 3.49. The fraction of sp³-hybridized carbons (Fsp3) is 0.277. The average Bonchev–Trinajstić information content (AvgIpc) is 3.66. The number of hydrogen-bond donors (Lipinski definition) is 3. The van der Waals surface area contributed by atoms with Crippen molar-refractivity contribution < 1.29 is 23.5 Å². The molecule has 10 nitrogen and oxygen atoms in total. The molecule has 7 rings (SSSR count). The topological polar surface area (TPSA) is 124 Å². The van der Waals surface area contributed by atoms with E-state index in [4.69, 9.17) is 9.41 Å². The standard InChI is InChI=1S/C47H49FN6O4Si/c1-45(2,3)59-58-47(31-15-10-8-11-16-31,32-17-12-9-13-18-32)40-35(19-14-20-38(40)52-43(55)34-22-21-33(27-37(34)48)46(4,5)57)41-36-28-39(51-42(36)50-29-49-41)30-23-25-54(26-24-30)44(56)53(6)7/h8-23,27-29,57H,24-26H2,1-7H3,(H,52,55)(H,49,50,51). The fourth-order valence-electron chi connectivity index (χ4n) is 7.40. The van der Waals surface area contributed by atoms with Crippen LogP contribution in [0, 0.1) is 5.82 Å². The summed E-state index contributed by atoms with van der Waals surface area (Å²) in [5, 5.41) is 14.1. The first kappa shape index (κ1) is 41.2. The molecule has 0 fully saturated rings. The van der Waals surface area contributed by atoms with Crippen LogP contribution in [-0.2, 0) is 15.6 Å². The van der Waals surface area contributed by atoms with Crippen LogP contribution in [0.2, 0.25) is 5.04 Å². The van der Waals surface area contributed by atoms with E-state index in [9.17, 15) is 14.7 Å². The van der Waals surface area contributed by atoms with Crippen LogP contribution in [0.5, 0.6) is 0 Å². The average molecular weight is 809 g/mol. The molecule has 1 aliphatic heterocycles. The van der Waals surface area contributed by atoms with Crippen LogP contribution in [0.15, 0.2) is 116 Å². The minimum Gasteiger partial charge on any atom is -0.400 e. The van der Waals surface area contributed by atoms with Crippen molar-refractivity contribution in [2.75, 3.05) is 32.5 Å². The number of aromatic amines is 1. The molecule has 3 heterocycles. The molecule has 3 N–H and O–H groups in total. The minimum absolute atomic E-state index is 0.0120. The highest BCUT2D eigenvalue weighted by Crippen LogP contribution is 2.49. The van der Waals surface area contributed by atoms with E-state index in [0.717, 1.165) is 27.8 Å². The quantitative estimate of drug-likeness (QED) is 0.0938. The highest BCUT2D eigenvalue weighted by Gasteiger charge is 2.43. The van der Waals surface area contributed by atoms with Crippen LogP contribution < -0.4 is 5.32 Å². The molecule has 3 amide bonds.